The maximum atomic E-state index is 13.3. The molecule has 0 aliphatic carbocycles. The normalized spacial score (nSPS) is 12.1. The number of guanidine groups is 1. The number of nitrogens with one attached hydrogen (secondary N) is 2. The predicted molar refractivity (Wildman–Crippen MR) is 120 cm³/mol. The highest BCUT2D eigenvalue weighted by Crippen LogP contribution is 2.13. The summed E-state index contributed by atoms with van der Waals surface area (Å²) in [6.45, 7) is 2.97. The van der Waals surface area contributed by atoms with Crippen molar-refractivity contribution in [3.63, 3.8) is 0 Å². The van der Waals surface area contributed by atoms with Gasteiger partial charge >= 0.3 is 0 Å². The first-order valence-electron chi connectivity index (χ1n) is 10.1. The van der Waals surface area contributed by atoms with Gasteiger partial charge < -0.3 is 25.0 Å². The number of nitrogens with zero attached hydrogens (tertiary/aromatic N) is 2. The molecule has 1 unspecified atom stereocenters. The molecular weight excluding hydrogens is 399 g/mol. The highest BCUT2D eigenvalue weighted by Gasteiger charge is 2.09. The Morgan fingerprint density at radius 3 is 2.52 bits per heavy atom. The highest BCUT2D eigenvalue weighted by molar-refractivity contribution is 5.84. The lowest BCUT2D eigenvalue weighted by molar-refractivity contribution is -0.127. The summed E-state index contributed by atoms with van der Waals surface area (Å²) in [7, 11) is 5.02. The fourth-order valence-corrected chi connectivity index (χ4v) is 2.63. The van der Waals surface area contributed by atoms with E-state index in [0.717, 1.165) is 17.7 Å². The number of ether oxygens (including phenoxy) is 2. The number of hydrogen-bond acceptors (Lipinski definition) is 4. The average molecular weight is 431 g/mol. The van der Waals surface area contributed by atoms with E-state index in [0.29, 0.717) is 24.8 Å². The Kier molecular flexibility index (Phi) is 9.61. The van der Waals surface area contributed by atoms with Crippen molar-refractivity contribution in [1.29, 1.82) is 0 Å². The van der Waals surface area contributed by atoms with Gasteiger partial charge in [-0.3, -0.25) is 4.79 Å². The van der Waals surface area contributed by atoms with Gasteiger partial charge in [-0.1, -0.05) is 18.2 Å². The third-order valence-corrected chi connectivity index (χ3v) is 4.43. The SMILES string of the molecule is COc1ccc(CCNC(=NCC(=O)N(C)C)NCC(C)Oc2cccc(F)c2)cc1. The number of carbonyl (C=O) groups excluding carboxylic acids is 1. The van der Waals surface area contributed by atoms with Gasteiger partial charge in [0, 0.05) is 26.7 Å². The predicted octanol–water partition coefficient (Wildman–Crippen LogP) is 2.47. The number of hydrogen-bond donors (Lipinski definition) is 2. The van der Waals surface area contributed by atoms with Gasteiger partial charge in [0.15, 0.2) is 5.96 Å². The molecule has 0 aliphatic heterocycles. The number of methoxy groups -OCH3 is 1. The van der Waals surface area contributed by atoms with Gasteiger partial charge in [0.05, 0.1) is 13.7 Å². The second kappa shape index (κ2) is 12.4. The van der Waals surface area contributed by atoms with Crippen LogP contribution in [0.3, 0.4) is 0 Å². The molecule has 0 saturated heterocycles. The molecule has 2 aromatic rings. The number of rotatable bonds is 10. The zero-order chi connectivity index (χ0) is 22.6. The van der Waals surface area contributed by atoms with Crippen LogP contribution in [0.15, 0.2) is 53.5 Å². The molecule has 0 fully saturated rings. The molecule has 2 aromatic carbocycles. The monoisotopic (exact) mass is 430 g/mol. The van der Waals surface area contributed by atoms with Crippen molar-refractivity contribution >= 4 is 11.9 Å². The van der Waals surface area contributed by atoms with Crippen LogP contribution in [-0.4, -0.2) is 63.7 Å². The number of amides is 1. The van der Waals surface area contributed by atoms with E-state index in [1.165, 1.54) is 17.0 Å². The first-order chi connectivity index (χ1) is 14.9. The van der Waals surface area contributed by atoms with Crippen LogP contribution in [0.4, 0.5) is 4.39 Å². The molecule has 1 atom stereocenters. The van der Waals surface area contributed by atoms with Crippen LogP contribution in [0.25, 0.3) is 0 Å². The van der Waals surface area contributed by atoms with Crippen LogP contribution in [0, 0.1) is 5.82 Å². The van der Waals surface area contributed by atoms with Gasteiger partial charge in [0.25, 0.3) is 0 Å². The van der Waals surface area contributed by atoms with E-state index in [1.54, 1.807) is 33.3 Å². The van der Waals surface area contributed by atoms with Crippen molar-refractivity contribution in [3.8, 4) is 11.5 Å². The molecule has 168 valence electrons. The fraction of sp³-hybridized carbons (Fsp3) is 0.391. The molecule has 31 heavy (non-hydrogen) atoms. The molecule has 2 N–H and O–H groups in total. The quantitative estimate of drug-likeness (QED) is 0.447. The van der Waals surface area contributed by atoms with Crippen LogP contribution in [0.5, 0.6) is 11.5 Å². The number of aliphatic imine (C=N–C) groups is 1. The number of carbonyl (C=O) groups is 1. The summed E-state index contributed by atoms with van der Waals surface area (Å²) in [4.78, 5) is 17.8. The molecule has 0 saturated carbocycles. The summed E-state index contributed by atoms with van der Waals surface area (Å²) in [5.41, 5.74) is 1.15. The second-order valence-electron chi connectivity index (χ2n) is 7.24. The minimum atomic E-state index is -0.345. The number of likely N-dealkylation sites (N-methyl/N-ethyl adjacent to an activating group) is 1. The second-order valence-corrected chi connectivity index (χ2v) is 7.24. The van der Waals surface area contributed by atoms with E-state index in [1.807, 2.05) is 31.2 Å². The first-order valence-corrected chi connectivity index (χ1v) is 10.1. The zero-order valence-electron chi connectivity index (χ0n) is 18.5. The molecule has 2 rings (SSSR count). The Bertz CT molecular complexity index is 856. The van der Waals surface area contributed by atoms with Crippen molar-refractivity contribution in [2.24, 2.45) is 4.99 Å². The van der Waals surface area contributed by atoms with E-state index in [4.69, 9.17) is 9.47 Å². The van der Waals surface area contributed by atoms with E-state index >= 15 is 0 Å². The molecule has 0 spiro atoms. The Morgan fingerprint density at radius 1 is 1.13 bits per heavy atom. The van der Waals surface area contributed by atoms with Gasteiger partial charge in [0.1, 0.15) is 30.0 Å². The summed E-state index contributed by atoms with van der Waals surface area (Å²) in [6, 6.07) is 13.9. The van der Waals surface area contributed by atoms with E-state index in [-0.39, 0.29) is 24.4 Å². The Balaban J connectivity index is 1.90. The highest BCUT2D eigenvalue weighted by atomic mass is 19.1. The Labute approximate surface area is 183 Å². The maximum Gasteiger partial charge on any atom is 0.243 e. The summed E-state index contributed by atoms with van der Waals surface area (Å²) >= 11 is 0. The van der Waals surface area contributed by atoms with Crippen LogP contribution in [0.1, 0.15) is 12.5 Å². The van der Waals surface area contributed by atoms with Gasteiger partial charge in [-0.15, -0.1) is 0 Å². The average Bonchev–Trinajstić information content (AvgIpc) is 2.75. The van der Waals surface area contributed by atoms with Crippen molar-refractivity contribution in [1.82, 2.24) is 15.5 Å². The third kappa shape index (κ3) is 8.94. The first kappa shape index (κ1) is 24.0. The van der Waals surface area contributed by atoms with Crippen molar-refractivity contribution in [2.45, 2.75) is 19.4 Å². The molecule has 0 heterocycles. The third-order valence-electron chi connectivity index (χ3n) is 4.43. The minimum Gasteiger partial charge on any atom is -0.497 e. The molecular formula is C23H31FN4O3. The largest absolute Gasteiger partial charge is 0.497 e. The van der Waals surface area contributed by atoms with Gasteiger partial charge in [-0.25, -0.2) is 9.38 Å². The van der Waals surface area contributed by atoms with E-state index < -0.39 is 0 Å². The lowest BCUT2D eigenvalue weighted by atomic mass is 10.1. The Morgan fingerprint density at radius 2 is 1.87 bits per heavy atom. The molecule has 0 aliphatic rings. The zero-order valence-corrected chi connectivity index (χ0v) is 18.5. The van der Waals surface area contributed by atoms with E-state index in [9.17, 15) is 9.18 Å². The molecule has 0 aromatic heterocycles. The fourth-order valence-electron chi connectivity index (χ4n) is 2.63. The minimum absolute atomic E-state index is 0.0317. The Hall–Kier alpha value is -3.29. The van der Waals surface area contributed by atoms with Crippen LogP contribution >= 0.6 is 0 Å². The maximum absolute atomic E-state index is 13.3. The van der Waals surface area contributed by atoms with E-state index in [2.05, 4.69) is 15.6 Å². The van der Waals surface area contributed by atoms with Crippen LogP contribution in [0.2, 0.25) is 0 Å². The molecule has 1 amide bonds. The summed E-state index contributed by atoms with van der Waals surface area (Å²) in [5.74, 6) is 1.35. The molecule has 7 nitrogen and oxygen atoms in total. The molecule has 0 bridgehead atoms. The lowest BCUT2D eigenvalue weighted by Gasteiger charge is -2.18. The van der Waals surface area contributed by atoms with Gasteiger partial charge in [0.2, 0.25) is 5.91 Å². The topological polar surface area (TPSA) is 75.2 Å². The summed E-state index contributed by atoms with van der Waals surface area (Å²) in [6.07, 6.45) is 0.543. The van der Waals surface area contributed by atoms with Crippen LogP contribution < -0.4 is 20.1 Å². The van der Waals surface area contributed by atoms with Gasteiger partial charge in [-0.2, -0.15) is 0 Å². The smallest absolute Gasteiger partial charge is 0.243 e. The van der Waals surface area contributed by atoms with Crippen molar-refractivity contribution < 1.29 is 18.7 Å². The number of benzene rings is 2. The van der Waals surface area contributed by atoms with Crippen molar-refractivity contribution in [3.05, 3.63) is 59.9 Å². The summed E-state index contributed by atoms with van der Waals surface area (Å²) in [5, 5.41) is 6.42. The van der Waals surface area contributed by atoms with Gasteiger partial charge in [-0.05, 0) is 43.2 Å². The summed E-state index contributed by atoms with van der Waals surface area (Å²) < 4.78 is 24.2. The van der Waals surface area contributed by atoms with Crippen molar-refractivity contribution in [2.75, 3.05) is 40.8 Å². The van der Waals surface area contributed by atoms with Crippen LogP contribution in [-0.2, 0) is 11.2 Å². The standard InChI is InChI=1S/C23H31FN4O3/c1-17(31-21-7-5-6-19(24)14-21)15-26-23(27-16-22(29)28(2)3)25-13-12-18-8-10-20(30-4)11-9-18/h5-11,14,17H,12-13,15-16H2,1-4H3,(H2,25,26,27). The number of halogens is 1. The lowest BCUT2D eigenvalue weighted by Crippen LogP contribution is -2.43. The molecule has 8 heteroatoms. The molecule has 0 radical (unpaired) electrons.